The van der Waals surface area contributed by atoms with Crippen LogP contribution in [0.4, 0.5) is 5.69 Å². The standard InChI is InChI=1S/C17H23ClN2/c1-2-4-13-5-3-6-15(9-7-13)20-17-10-8-14(12-19)11-16(17)18/h8,10-11,13,15,20H,2-7,9H2,1H3. The van der Waals surface area contributed by atoms with E-state index in [0.29, 0.717) is 16.6 Å². The predicted octanol–water partition coefficient (Wildman–Crippen LogP) is 5.37. The Kier molecular flexibility index (Phi) is 5.73. The van der Waals surface area contributed by atoms with E-state index in [1.807, 2.05) is 12.1 Å². The van der Waals surface area contributed by atoms with Gasteiger partial charge in [0.15, 0.2) is 0 Å². The molecule has 1 aromatic carbocycles. The Morgan fingerprint density at radius 2 is 2.15 bits per heavy atom. The van der Waals surface area contributed by atoms with Crippen LogP contribution in [0.25, 0.3) is 0 Å². The third kappa shape index (κ3) is 4.15. The first-order valence-electron chi connectivity index (χ1n) is 7.69. The van der Waals surface area contributed by atoms with Crippen molar-refractivity contribution in [2.45, 2.75) is 57.9 Å². The van der Waals surface area contributed by atoms with Gasteiger partial charge in [-0.05, 0) is 43.4 Å². The molecule has 0 amide bonds. The molecule has 2 unspecified atom stereocenters. The van der Waals surface area contributed by atoms with Crippen molar-refractivity contribution < 1.29 is 0 Å². The van der Waals surface area contributed by atoms with Gasteiger partial charge in [-0.25, -0.2) is 0 Å². The molecule has 0 aromatic heterocycles. The average molecular weight is 291 g/mol. The summed E-state index contributed by atoms with van der Waals surface area (Å²) in [5.41, 5.74) is 1.58. The first kappa shape index (κ1) is 15.2. The predicted molar refractivity (Wildman–Crippen MR) is 85.1 cm³/mol. The summed E-state index contributed by atoms with van der Waals surface area (Å²) in [5, 5.41) is 13.1. The van der Waals surface area contributed by atoms with E-state index in [9.17, 15) is 0 Å². The molecule has 1 N–H and O–H groups in total. The van der Waals surface area contributed by atoms with E-state index in [1.165, 1.54) is 44.9 Å². The van der Waals surface area contributed by atoms with Crippen LogP contribution in [-0.2, 0) is 0 Å². The van der Waals surface area contributed by atoms with Crippen molar-refractivity contribution in [1.82, 2.24) is 0 Å². The van der Waals surface area contributed by atoms with Crippen molar-refractivity contribution in [2.75, 3.05) is 5.32 Å². The Labute approximate surface area is 127 Å². The Bertz CT molecular complexity index is 478. The number of nitriles is 1. The van der Waals surface area contributed by atoms with Gasteiger partial charge in [0.2, 0.25) is 0 Å². The van der Waals surface area contributed by atoms with Crippen LogP contribution in [0.2, 0.25) is 5.02 Å². The van der Waals surface area contributed by atoms with Crippen LogP contribution >= 0.6 is 11.6 Å². The zero-order valence-corrected chi connectivity index (χ0v) is 12.9. The molecule has 2 rings (SSSR count). The Hall–Kier alpha value is -1.20. The lowest BCUT2D eigenvalue weighted by Gasteiger charge is -2.19. The number of anilines is 1. The molecule has 2 atom stereocenters. The second kappa shape index (κ2) is 7.55. The molecule has 0 aliphatic heterocycles. The molecule has 1 aliphatic carbocycles. The van der Waals surface area contributed by atoms with Crippen LogP contribution in [-0.4, -0.2) is 6.04 Å². The quantitative estimate of drug-likeness (QED) is 0.756. The zero-order chi connectivity index (χ0) is 14.4. The minimum absolute atomic E-state index is 0.516. The van der Waals surface area contributed by atoms with Gasteiger partial charge in [0.1, 0.15) is 0 Å². The zero-order valence-electron chi connectivity index (χ0n) is 12.2. The first-order valence-corrected chi connectivity index (χ1v) is 8.07. The number of hydrogen-bond acceptors (Lipinski definition) is 2. The fourth-order valence-corrected chi connectivity index (χ4v) is 3.38. The van der Waals surface area contributed by atoms with Gasteiger partial charge in [-0.1, -0.05) is 44.2 Å². The minimum atomic E-state index is 0.516. The third-order valence-electron chi connectivity index (χ3n) is 4.24. The third-order valence-corrected chi connectivity index (χ3v) is 4.56. The molecule has 0 radical (unpaired) electrons. The molecule has 108 valence electrons. The number of hydrogen-bond donors (Lipinski definition) is 1. The average Bonchev–Trinajstić information content (AvgIpc) is 2.67. The van der Waals surface area contributed by atoms with Gasteiger partial charge in [-0.3, -0.25) is 0 Å². The highest BCUT2D eigenvalue weighted by Gasteiger charge is 2.18. The number of rotatable bonds is 4. The van der Waals surface area contributed by atoms with Gasteiger partial charge in [0.25, 0.3) is 0 Å². The lowest BCUT2D eigenvalue weighted by molar-refractivity contribution is 0.422. The van der Waals surface area contributed by atoms with Gasteiger partial charge in [0.05, 0.1) is 22.3 Å². The van der Waals surface area contributed by atoms with E-state index in [-0.39, 0.29) is 0 Å². The maximum atomic E-state index is 8.86. The molecular weight excluding hydrogens is 268 g/mol. The fraction of sp³-hybridized carbons (Fsp3) is 0.588. The largest absolute Gasteiger partial charge is 0.381 e. The van der Waals surface area contributed by atoms with Gasteiger partial charge >= 0.3 is 0 Å². The Morgan fingerprint density at radius 3 is 2.85 bits per heavy atom. The molecule has 0 heterocycles. The second-order valence-corrected chi connectivity index (χ2v) is 6.22. The maximum Gasteiger partial charge on any atom is 0.0992 e. The summed E-state index contributed by atoms with van der Waals surface area (Å²) in [7, 11) is 0. The molecule has 1 aromatic rings. The van der Waals surface area contributed by atoms with Crippen LogP contribution in [0.3, 0.4) is 0 Å². The van der Waals surface area contributed by atoms with E-state index < -0.39 is 0 Å². The van der Waals surface area contributed by atoms with E-state index in [0.717, 1.165) is 11.6 Å². The molecule has 20 heavy (non-hydrogen) atoms. The Morgan fingerprint density at radius 1 is 1.30 bits per heavy atom. The number of nitrogens with one attached hydrogen (secondary N) is 1. The van der Waals surface area contributed by atoms with Crippen LogP contribution in [0.15, 0.2) is 18.2 Å². The summed E-state index contributed by atoms with van der Waals surface area (Å²) in [6.07, 6.45) is 9.09. The fourth-order valence-electron chi connectivity index (χ4n) is 3.14. The monoisotopic (exact) mass is 290 g/mol. The minimum Gasteiger partial charge on any atom is -0.381 e. The van der Waals surface area contributed by atoms with Gasteiger partial charge in [-0.2, -0.15) is 5.26 Å². The van der Waals surface area contributed by atoms with Crippen LogP contribution < -0.4 is 5.32 Å². The Balaban J connectivity index is 1.95. The van der Waals surface area contributed by atoms with Crippen molar-refractivity contribution in [3.63, 3.8) is 0 Å². The van der Waals surface area contributed by atoms with Crippen LogP contribution in [0.1, 0.15) is 57.4 Å². The molecule has 1 saturated carbocycles. The van der Waals surface area contributed by atoms with Gasteiger partial charge < -0.3 is 5.32 Å². The smallest absolute Gasteiger partial charge is 0.0992 e. The highest BCUT2D eigenvalue weighted by molar-refractivity contribution is 6.33. The van der Waals surface area contributed by atoms with Crippen molar-refractivity contribution in [1.29, 1.82) is 5.26 Å². The van der Waals surface area contributed by atoms with Crippen molar-refractivity contribution in [2.24, 2.45) is 5.92 Å². The highest BCUT2D eigenvalue weighted by atomic mass is 35.5. The summed E-state index contributed by atoms with van der Waals surface area (Å²) in [4.78, 5) is 0. The lowest BCUT2D eigenvalue weighted by Crippen LogP contribution is -2.18. The molecule has 0 saturated heterocycles. The highest BCUT2D eigenvalue weighted by Crippen LogP contribution is 2.30. The summed E-state index contributed by atoms with van der Waals surface area (Å²) in [5.74, 6) is 0.906. The van der Waals surface area contributed by atoms with E-state index in [2.05, 4.69) is 18.3 Å². The number of nitrogens with zero attached hydrogens (tertiary/aromatic N) is 1. The molecule has 2 nitrogen and oxygen atoms in total. The molecule has 0 bridgehead atoms. The molecular formula is C17H23ClN2. The lowest BCUT2D eigenvalue weighted by atomic mass is 9.95. The number of benzene rings is 1. The molecule has 1 aliphatic rings. The normalized spacial score (nSPS) is 22.9. The van der Waals surface area contributed by atoms with Gasteiger partial charge in [-0.15, -0.1) is 0 Å². The van der Waals surface area contributed by atoms with Gasteiger partial charge in [0, 0.05) is 6.04 Å². The number of halogens is 1. The van der Waals surface area contributed by atoms with Crippen LogP contribution in [0, 0.1) is 17.2 Å². The molecule has 3 heteroatoms. The van der Waals surface area contributed by atoms with Crippen molar-refractivity contribution in [3.8, 4) is 6.07 Å². The SMILES string of the molecule is CCCC1CCCC(Nc2ccc(C#N)cc2Cl)CC1. The summed E-state index contributed by atoms with van der Waals surface area (Å²) < 4.78 is 0. The maximum absolute atomic E-state index is 8.86. The van der Waals surface area contributed by atoms with Crippen molar-refractivity contribution in [3.05, 3.63) is 28.8 Å². The summed E-state index contributed by atoms with van der Waals surface area (Å²) >= 11 is 6.23. The summed E-state index contributed by atoms with van der Waals surface area (Å²) in [6, 6.07) is 8.12. The first-order chi connectivity index (χ1) is 9.72. The van der Waals surface area contributed by atoms with E-state index in [1.54, 1.807) is 6.07 Å². The summed E-state index contributed by atoms with van der Waals surface area (Å²) in [6.45, 7) is 2.27. The molecule has 1 fully saturated rings. The second-order valence-electron chi connectivity index (χ2n) is 5.81. The van der Waals surface area contributed by atoms with E-state index >= 15 is 0 Å². The van der Waals surface area contributed by atoms with Crippen molar-refractivity contribution >= 4 is 17.3 Å². The topological polar surface area (TPSA) is 35.8 Å². The van der Waals surface area contributed by atoms with E-state index in [4.69, 9.17) is 16.9 Å². The van der Waals surface area contributed by atoms with Crippen LogP contribution in [0.5, 0.6) is 0 Å². The molecule has 0 spiro atoms.